The summed E-state index contributed by atoms with van der Waals surface area (Å²) in [5.74, 6) is -1.27. The maximum atomic E-state index is 12.2. The molecule has 0 aliphatic carbocycles. The predicted molar refractivity (Wildman–Crippen MR) is 96.5 cm³/mol. The SMILES string of the molecule is Cc1ccc2nc(NC(=O)CS(=O)(=O)c3ccc(Cl)cc3)sc2c1. The van der Waals surface area contributed by atoms with Crippen LogP contribution in [0.4, 0.5) is 5.13 Å². The van der Waals surface area contributed by atoms with Gasteiger partial charge in [0.05, 0.1) is 15.1 Å². The topological polar surface area (TPSA) is 76.1 Å². The summed E-state index contributed by atoms with van der Waals surface area (Å²) in [4.78, 5) is 16.4. The van der Waals surface area contributed by atoms with Gasteiger partial charge < -0.3 is 5.32 Å². The molecule has 0 bridgehead atoms. The lowest BCUT2D eigenvalue weighted by molar-refractivity contribution is -0.113. The molecule has 1 heterocycles. The number of aryl methyl sites for hydroxylation is 1. The van der Waals surface area contributed by atoms with Gasteiger partial charge in [0.25, 0.3) is 0 Å². The van der Waals surface area contributed by atoms with Gasteiger partial charge in [0.15, 0.2) is 15.0 Å². The first-order chi connectivity index (χ1) is 11.3. The highest BCUT2D eigenvalue weighted by Gasteiger charge is 2.20. The van der Waals surface area contributed by atoms with Gasteiger partial charge in [0.2, 0.25) is 5.91 Å². The van der Waals surface area contributed by atoms with Gasteiger partial charge in [-0.3, -0.25) is 4.79 Å². The van der Waals surface area contributed by atoms with Gasteiger partial charge in [-0.1, -0.05) is 29.0 Å². The molecule has 24 heavy (non-hydrogen) atoms. The molecule has 3 rings (SSSR count). The van der Waals surface area contributed by atoms with Gasteiger partial charge in [0, 0.05) is 5.02 Å². The Labute approximate surface area is 148 Å². The Morgan fingerprint density at radius 3 is 2.62 bits per heavy atom. The molecule has 0 aliphatic rings. The fourth-order valence-corrected chi connectivity index (χ4v) is 4.38. The lowest BCUT2D eigenvalue weighted by Gasteiger charge is -2.04. The van der Waals surface area contributed by atoms with E-state index < -0.39 is 21.5 Å². The Morgan fingerprint density at radius 1 is 1.21 bits per heavy atom. The van der Waals surface area contributed by atoms with Crippen LogP contribution in [0, 0.1) is 6.92 Å². The quantitative estimate of drug-likeness (QED) is 0.749. The average Bonchev–Trinajstić information content (AvgIpc) is 2.88. The fraction of sp³-hybridized carbons (Fsp3) is 0.125. The zero-order valence-electron chi connectivity index (χ0n) is 12.6. The van der Waals surface area contributed by atoms with E-state index in [2.05, 4.69) is 10.3 Å². The molecule has 0 saturated heterocycles. The normalized spacial score (nSPS) is 11.6. The molecular formula is C16H13ClN2O3S2. The summed E-state index contributed by atoms with van der Waals surface area (Å²) < 4.78 is 25.4. The molecule has 0 unspecified atom stereocenters. The van der Waals surface area contributed by atoms with Crippen molar-refractivity contribution in [3.8, 4) is 0 Å². The third-order valence-corrected chi connectivity index (χ3v) is 6.10. The number of thiazole rings is 1. The fourth-order valence-electron chi connectivity index (χ4n) is 2.14. The molecule has 0 radical (unpaired) electrons. The van der Waals surface area contributed by atoms with Crippen LogP contribution in [0.3, 0.4) is 0 Å². The first-order valence-electron chi connectivity index (χ1n) is 6.99. The van der Waals surface area contributed by atoms with Crippen LogP contribution in [0.1, 0.15) is 5.56 Å². The highest BCUT2D eigenvalue weighted by molar-refractivity contribution is 7.92. The number of sulfone groups is 1. The number of halogens is 1. The molecular weight excluding hydrogens is 368 g/mol. The van der Waals surface area contributed by atoms with E-state index in [-0.39, 0.29) is 4.90 Å². The molecule has 3 aromatic rings. The summed E-state index contributed by atoms with van der Waals surface area (Å²) in [6.45, 7) is 1.97. The van der Waals surface area contributed by atoms with E-state index in [1.165, 1.54) is 35.6 Å². The second-order valence-electron chi connectivity index (χ2n) is 5.25. The van der Waals surface area contributed by atoms with Crippen LogP contribution in [0.15, 0.2) is 47.4 Å². The second kappa shape index (κ2) is 6.51. The van der Waals surface area contributed by atoms with Crippen molar-refractivity contribution in [3.63, 3.8) is 0 Å². The summed E-state index contributed by atoms with van der Waals surface area (Å²) in [5, 5.41) is 3.37. The number of fused-ring (bicyclic) bond motifs is 1. The maximum absolute atomic E-state index is 12.2. The lowest BCUT2D eigenvalue weighted by atomic mass is 10.2. The van der Waals surface area contributed by atoms with Gasteiger partial charge >= 0.3 is 0 Å². The largest absolute Gasteiger partial charge is 0.301 e. The standard InChI is InChI=1S/C16H13ClN2O3S2/c1-10-2-7-13-14(8-10)23-16(18-13)19-15(20)9-24(21,22)12-5-3-11(17)4-6-12/h2-8H,9H2,1H3,(H,18,19,20). The van der Waals surface area contributed by atoms with E-state index in [4.69, 9.17) is 11.6 Å². The first kappa shape index (κ1) is 16.9. The summed E-state index contributed by atoms with van der Waals surface area (Å²) in [5.41, 5.74) is 1.86. The molecule has 0 aliphatic heterocycles. The Kier molecular flexibility index (Phi) is 4.58. The number of aromatic nitrogens is 1. The minimum absolute atomic E-state index is 0.0574. The van der Waals surface area contributed by atoms with Crippen molar-refractivity contribution >= 4 is 54.0 Å². The van der Waals surface area contributed by atoms with Crippen LogP contribution >= 0.6 is 22.9 Å². The van der Waals surface area contributed by atoms with E-state index in [0.717, 1.165) is 15.8 Å². The van der Waals surface area contributed by atoms with E-state index >= 15 is 0 Å². The van der Waals surface area contributed by atoms with Crippen LogP contribution in [-0.2, 0) is 14.6 Å². The van der Waals surface area contributed by atoms with Crippen molar-refractivity contribution < 1.29 is 13.2 Å². The zero-order chi connectivity index (χ0) is 17.3. The van der Waals surface area contributed by atoms with Crippen LogP contribution in [0.25, 0.3) is 10.2 Å². The Morgan fingerprint density at radius 2 is 1.92 bits per heavy atom. The predicted octanol–water partition coefficient (Wildman–Crippen LogP) is 3.67. The summed E-state index contributed by atoms with van der Waals surface area (Å²) in [7, 11) is -3.73. The van der Waals surface area contributed by atoms with Gasteiger partial charge in [0.1, 0.15) is 5.75 Å². The number of nitrogens with zero attached hydrogens (tertiary/aromatic N) is 1. The molecule has 0 atom stereocenters. The number of carbonyl (C=O) groups is 1. The number of nitrogens with one attached hydrogen (secondary N) is 1. The van der Waals surface area contributed by atoms with Gasteiger partial charge in [-0.15, -0.1) is 0 Å². The molecule has 1 aromatic heterocycles. The molecule has 5 nitrogen and oxygen atoms in total. The van der Waals surface area contributed by atoms with E-state index in [9.17, 15) is 13.2 Å². The molecule has 2 aromatic carbocycles. The third kappa shape index (κ3) is 3.75. The van der Waals surface area contributed by atoms with Gasteiger partial charge in [-0.25, -0.2) is 13.4 Å². The van der Waals surface area contributed by atoms with Crippen molar-refractivity contribution in [2.75, 3.05) is 11.1 Å². The minimum atomic E-state index is -3.73. The number of carbonyl (C=O) groups excluding carboxylic acids is 1. The van der Waals surface area contributed by atoms with Crippen LogP contribution in [-0.4, -0.2) is 25.1 Å². The van der Waals surface area contributed by atoms with Crippen molar-refractivity contribution in [2.24, 2.45) is 0 Å². The summed E-state index contributed by atoms with van der Waals surface area (Å²) in [6.07, 6.45) is 0. The molecule has 0 fully saturated rings. The van der Waals surface area contributed by atoms with Crippen molar-refractivity contribution in [1.29, 1.82) is 0 Å². The van der Waals surface area contributed by atoms with E-state index in [1.807, 2.05) is 25.1 Å². The minimum Gasteiger partial charge on any atom is -0.301 e. The first-order valence-corrected chi connectivity index (χ1v) is 9.83. The Hall–Kier alpha value is -1.96. The van der Waals surface area contributed by atoms with Gasteiger partial charge in [-0.2, -0.15) is 0 Å². The number of hydrogen-bond donors (Lipinski definition) is 1. The van der Waals surface area contributed by atoms with Crippen molar-refractivity contribution in [2.45, 2.75) is 11.8 Å². The molecule has 0 spiro atoms. The van der Waals surface area contributed by atoms with Crippen LogP contribution in [0.2, 0.25) is 5.02 Å². The summed E-state index contributed by atoms with van der Waals surface area (Å²) in [6, 6.07) is 11.5. The van der Waals surface area contributed by atoms with Crippen LogP contribution in [0.5, 0.6) is 0 Å². The molecule has 8 heteroatoms. The Balaban J connectivity index is 1.75. The average molecular weight is 381 g/mol. The number of anilines is 1. The Bertz CT molecular complexity index is 1010. The zero-order valence-corrected chi connectivity index (χ0v) is 15.0. The molecule has 1 N–H and O–H groups in total. The van der Waals surface area contributed by atoms with Crippen molar-refractivity contribution in [3.05, 3.63) is 53.1 Å². The summed E-state index contributed by atoms with van der Waals surface area (Å²) >= 11 is 7.05. The molecule has 1 amide bonds. The lowest BCUT2D eigenvalue weighted by Crippen LogP contribution is -2.22. The number of benzene rings is 2. The van der Waals surface area contributed by atoms with E-state index in [0.29, 0.717) is 10.2 Å². The highest BCUT2D eigenvalue weighted by Crippen LogP contribution is 2.26. The van der Waals surface area contributed by atoms with Crippen LogP contribution < -0.4 is 5.32 Å². The molecule has 124 valence electrons. The van der Waals surface area contributed by atoms with Crippen molar-refractivity contribution in [1.82, 2.24) is 4.98 Å². The number of rotatable bonds is 4. The smallest absolute Gasteiger partial charge is 0.241 e. The third-order valence-electron chi connectivity index (χ3n) is 3.28. The number of hydrogen-bond acceptors (Lipinski definition) is 5. The second-order valence-corrected chi connectivity index (χ2v) is 8.71. The maximum Gasteiger partial charge on any atom is 0.241 e. The monoisotopic (exact) mass is 380 g/mol. The number of amides is 1. The van der Waals surface area contributed by atoms with E-state index in [1.54, 1.807) is 0 Å². The highest BCUT2D eigenvalue weighted by atomic mass is 35.5. The molecule has 0 saturated carbocycles. The van der Waals surface area contributed by atoms with Gasteiger partial charge in [-0.05, 0) is 48.9 Å².